The minimum absolute atomic E-state index is 0.0232. The van der Waals surface area contributed by atoms with E-state index >= 15 is 0 Å². The number of carbonyl (C=O) groups excluding carboxylic acids is 1. The van der Waals surface area contributed by atoms with Gasteiger partial charge in [-0.1, -0.05) is 25.4 Å². The van der Waals surface area contributed by atoms with E-state index in [4.69, 9.17) is 16.7 Å². The van der Waals surface area contributed by atoms with Crippen molar-refractivity contribution in [2.75, 3.05) is 0 Å². The van der Waals surface area contributed by atoms with Crippen molar-refractivity contribution in [2.45, 2.75) is 29.7 Å². The largest absolute Gasteiger partial charge is 0.480 e. The van der Waals surface area contributed by atoms with Gasteiger partial charge in [0.2, 0.25) is 9.84 Å². The molecule has 0 aliphatic rings. The first kappa shape index (κ1) is 19.9. The maximum Gasteiger partial charge on any atom is 0.326 e. The van der Waals surface area contributed by atoms with E-state index in [0.717, 1.165) is 0 Å². The lowest BCUT2D eigenvalue weighted by Gasteiger charge is -2.18. The molecule has 1 unspecified atom stereocenters. The Morgan fingerprint density at radius 2 is 1.42 bits per heavy atom. The molecule has 0 fully saturated rings. The molecular weight excluding hydrogens is 378 g/mol. The molecule has 0 aromatic heterocycles. The summed E-state index contributed by atoms with van der Waals surface area (Å²) >= 11 is 5.77. The molecule has 0 bridgehead atoms. The molecule has 0 spiro atoms. The van der Waals surface area contributed by atoms with Crippen LogP contribution >= 0.6 is 11.6 Å². The second kappa shape index (κ2) is 7.88. The van der Waals surface area contributed by atoms with Gasteiger partial charge in [0.25, 0.3) is 5.91 Å². The smallest absolute Gasteiger partial charge is 0.326 e. The second-order valence-electron chi connectivity index (χ2n) is 6.02. The summed E-state index contributed by atoms with van der Waals surface area (Å²) in [4.78, 5) is 23.5. The molecule has 0 aliphatic carbocycles. The van der Waals surface area contributed by atoms with Crippen LogP contribution in [0.15, 0.2) is 58.3 Å². The van der Waals surface area contributed by atoms with Crippen molar-refractivity contribution in [3.8, 4) is 0 Å². The Morgan fingerprint density at radius 3 is 1.85 bits per heavy atom. The molecule has 0 saturated heterocycles. The van der Waals surface area contributed by atoms with Crippen molar-refractivity contribution >= 4 is 33.3 Å². The number of carboxylic acids is 1. The molecule has 0 radical (unpaired) electrons. The number of carbonyl (C=O) groups is 2. The number of halogens is 1. The highest BCUT2D eigenvalue weighted by molar-refractivity contribution is 7.91. The number of hydrogen-bond donors (Lipinski definition) is 2. The Bertz CT molecular complexity index is 906. The van der Waals surface area contributed by atoms with Crippen molar-refractivity contribution < 1.29 is 23.1 Å². The monoisotopic (exact) mass is 395 g/mol. The van der Waals surface area contributed by atoms with Gasteiger partial charge in [-0.15, -0.1) is 0 Å². The lowest BCUT2D eigenvalue weighted by Crippen LogP contribution is -2.44. The van der Waals surface area contributed by atoms with E-state index in [9.17, 15) is 18.0 Å². The summed E-state index contributed by atoms with van der Waals surface area (Å²) in [6, 6.07) is 10.0. The number of rotatable bonds is 6. The molecule has 2 aromatic rings. The summed E-state index contributed by atoms with van der Waals surface area (Å²) in [5, 5.41) is 12.0. The van der Waals surface area contributed by atoms with Gasteiger partial charge in [-0.2, -0.15) is 0 Å². The highest BCUT2D eigenvalue weighted by Crippen LogP contribution is 2.22. The van der Waals surface area contributed by atoms with Gasteiger partial charge in [0.05, 0.1) is 9.79 Å². The fourth-order valence-corrected chi connectivity index (χ4v) is 3.66. The number of amides is 1. The molecule has 0 heterocycles. The average Bonchev–Trinajstić information content (AvgIpc) is 2.59. The number of hydrogen-bond acceptors (Lipinski definition) is 4. The van der Waals surface area contributed by atoms with Gasteiger partial charge in [-0.05, 0) is 54.4 Å². The van der Waals surface area contributed by atoms with Crippen LogP contribution in [0.5, 0.6) is 0 Å². The number of nitrogens with one attached hydrogen (secondary N) is 1. The van der Waals surface area contributed by atoms with Gasteiger partial charge in [-0.3, -0.25) is 4.79 Å². The molecule has 0 aliphatic heterocycles. The lowest BCUT2D eigenvalue weighted by atomic mass is 10.0. The van der Waals surface area contributed by atoms with Crippen LogP contribution in [0.4, 0.5) is 0 Å². The lowest BCUT2D eigenvalue weighted by molar-refractivity contribution is -0.140. The Morgan fingerprint density at radius 1 is 0.962 bits per heavy atom. The summed E-state index contributed by atoms with van der Waals surface area (Å²) < 4.78 is 25.1. The van der Waals surface area contributed by atoms with Crippen LogP contribution in [0, 0.1) is 5.92 Å². The summed E-state index contributed by atoms with van der Waals surface area (Å²) in [6.45, 7) is 3.36. The average molecular weight is 396 g/mol. The molecule has 8 heteroatoms. The van der Waals surface area contributed by atoms with E-state index in [1.807, 2.05) is 0 Å². The van der Waals surface area contributed by atoms with Crippen molar-refractivity contribution in [3.05, 3.63) is 59.1 Å². The third kappa shape index (κ3) is 4.42. The molecule has 26 heavy (non-hydrogen) atoms. The van der Waals surface area contributed by atoms with E-state index < -0.39 is 27.8 Å². The van der Waals surface area contributed by atoms with E-state index in [0.29, 0.717) is 5.02 Å². The molecule has 2 N–H and O–H groups in total. The zero-order valence-electron chi connectivity index (χ0n) is 14.1. The maximum atomic E-state index is 12.6. The van der Waals surface area contributed by atoms with E-state index in [-0.39, 0.29) is 21.3 Å². The minimum Gasteiger partial charge on any atom is -0.480 e. The van der Waals surface area contributed by atoms with Gasteiger partial charge in [0.1, 0.15) is 6.04 Å². The second-order valence-corrected chi connectivity index (χ2v) is 8.40. The molecule has 1 amide bonds. The molecule has 2 aromatic carbocycles. The molecule has 1 atom stereocenters. The van der Waals surface area contributed by atoms with Gasteiger partial charge in [-0.25, -0.2) is 13.2 Å². The summed E-state index contributed by atoms with van der Waals surface area (Å²) in [5.74, 6) is -2.00. The zero-order chi connectivity index (χ0) is 19.5. The first-order chi connectivity index (χ1) is 12.1. The first-order valence-corrected chi connectivity index (χ1v) is 9.63. The van der Waals surface area contributed by atoms with Gasteiger partial charge in [0, 0.05) is 10.6 Å². The Kier molecular flexibility index (Phi) is 6.05. The highest BCUT2D eigenvalue weighted by atomic mass is 35.5. The van der Waals surface area contributed by atoms with Crippen LogP contribution in [0.25, 0.3) is 0 Å². The number of aliphatic carboxylic acids is 1. The van der Waals surface area contributed by atoms with E-state index in [2.05, 4.69) is 5.32 Å². The Labute approximate surface area is 156 Å². The van der Waals surface area contributed by atoms with Crippen LogP contribution in [-0.4, -0.2) is 31.4 Å². The summed E-state index contributed by atoms with van der Waals surface area (Å²) in [6.07, 6.45) is 0. The van der Waals surface area contributed by atoms with Crippen LogP contribution in [-0.2, 0) is 14.6 Å². The molecular formula is C18H18ClNO5S. The molecule has 2 rings (SSSR count). The summed E-state index contributed by atoms with van der Waals surface area (Å²) in [5.41, 5.74) is 0.173. The zero-order valence-corrected chi connectivity index (χ0v) is 15.7. The normalized spacial score (nSPS) is 12.6. The third-order valence-corrected chi connectivity index (χ3v) is 5.81. The Balaban J connectivity index is 2.23. The van der Waals surface area contributed by atoms with Crippen LogP contribution in [0.2, 0.25) is 5.02 Å². The van der Waals surface area contributed by atoms with Crippen molar-refractivity contribution in [2.24, 2.45) is 5.92 Å². The SMILES string of the molecule is CC(C)C(NC(=O)c1ccc(S(=O)(=O)c2ccc(Cl)cc2)cc1)C(=O)O. The number of carboxylic acid groups (broad SMARTS) is 1. The minimum atomic E-state index is -3.73. The highest BCUT2D eigenvalue weighted by Gasteiger charge is 2.24. The predicted octanol–water partition coefficient (Wildman–Crippen LogP) is 3.01. The molecule has 138 valence electrons. The van der Waals surface area contributed by atoms with Crippen molar-refractivity contribution in [1.82, 2.24) is 5.32 Å². The predicted molar refractivity (Wildman–Crippen MR) is 97.1 cm³/mol. The molecule has 0 saturated carbocycles. The standard InChI is InChI=1S/C18H18ClNO5S/c1-11(2)16(18(22)23)20-17(21)12-3-7-14(8-4-12)26(24,25)15-9-5-13(19)6-10-15/h3-11,16H,1-2H3,(H,20,21)(H,22,23). The number of sulfone groups is 1. The van der Waals surface area contributed by atoms with Gasteiger partial charge >= 0.3 is 5.97 Å². The van der Waals surface area contributed by atoms with Gasteiger partial charge < -0.3 is 10.4 Å². The number of benzene rings is 2. The van der Waals surface area contributed by atoms with Gasteiger partial charge in [0.15, 0.2) is 0 Å². The Hall–Kier alpha value is -2.38. The molecule has 6 nitrogen and oxygen atoms in total. The van der Waals surface area contributed by atoms with E-state index in [1.165, 1.54) is 48.5 Å². The van der Waals surface area contributed by atoms with Crippen LogP contribution in [0.3, 0.4) is 0 Å². The van der Waals surface area contributed by atoms with Crippen LogP contribution in [0.1, 0.15) is 24.2 Å². The topological polar surface area (TPSA) is 101 Å². The third-order valence-electron chi connectivity index (χ3n) is 3.77. The fraction of sp³-hybridized carbons (Fsp3) is 0.222. The van der Waals surface area contributed by atoms with E-state index in [1.54, 1.807) is 13.8 Å². The van der Waals surface area contributed by atoms with Crippen molar-refractivity contribution in [3.63, 3.8) is 0 Å². The summed E-state index contributed by atoms with van der Waals surface area (Å²) in [7, 11) is -3.73. The first-order valence-electron chi connectivity index (χ1n) is 7.77. The van der Waals surface area contributed by atoms with Crippen molar-refractivity contribution in [1.29, 1.82) is 0 Å². The van der Waals surface area contributed by atoms with Crippen LogP contribution < -0.4 is 5.32 Å². The quantitative estimate of drug-likeness (QED) is 0.783. The maximum absolute atomic E-state index is 12.6. The fourth-order valence-electron chi connectivity index (χ4n) is 2.27.